The van der Waals surface area contributed by atoms with Crippen molar-refractivity contribution >= 4 is 23.0 Å². The van der Waals surface area contributed by atoms with Gasteiger partial charge >= 0.3 is 5.97 Å². The number of carbonyl (C=O) groups excluding carboxylic acids is 1. The Bertz CT molecular complexity index is 922. The largest absolute Gasteiger partial charge is 0.497 e. The molecule has 2 aliphatic rings. The zero-order chi connectivity index (χ0) is 20.9. The molecule has 0 radical (unpaired) electrons. The number of hydrogen-bond donors (Lipinski definition) is 0. The summed E-state index contributed by atoms with van der Waals surface area (Å²) in [6, 6.07) is 15.3. The first-order valence-corrected chi connectivity index (χ1v) is 10.3. The number of hydrogen-bond acceptors (Lipinski definition) is 6. The Labute approximate surface area is 177 Å². The number of fused-ring (bicyclic) bond motifs is 2. The molecule has 0 heterocycles. The highest BCUT2D eigenvalue weighted by Gasteiger charge is 2.40. The molecule has 4 rings (SSSR count). The molecule has 2 bridgehead atoms. The third-order valence-corrected chi connectivity index (χ3v) is 5.90. The van der Waals surface area contributed by atoms with Gasteiger partial charge in [0.15, 0.2) is 0 Å². The lowest BCUT2D eigenvalue weighted by atomic mass is 9.94. The molecule has 2 aromatic carbocycles. The van der Waals surface area contributed by atoms with E-state index in [0.717, 1.165) is 35.7 Å². The molecule has 0 aliphatic heterocycles. The van der Waals surface area contributed by atoms with Crippen molar-refractivity contribution in [3.63, 3.8) is 0 Å². The lowest BCUT2D eigenvalue weighted by Crippen LogP contribution is -2.27. The summed E-state index contributed by atoms with van der Waals surface area (Å²) in [5.74, 6) is 1.77. The van der Waals surface area contributed by atoms with Crippen LogP contribution in [0.3, 0.4) is 0 Å². The van der Waals surface area contributed by atoms with Crippen LogP contribution in [0.15, 0.2) is 70.9 Å². The second-order valence-electron chi connectivity index (χ2n) is 7.89. The Morgan fingerprint density at radius 2 is 1.67 bits per heavy atom. The number of azo groups is 1. The quantitative estimate of drug-likeness (QED) is 0.339. The number of rotatable bonds is 8. The highest BCUT2D eigenvalue weighted by molar-refractivity contribution is 5.74. The van der Waals surface area contributed by atoms with Gasteiger partial charge < -0.3 is 14.4 Å². The van der Waals surface area contributed by atoms with E-state index in [9.17, 15) is 4.79 Å². The number of ether oxygens (including phenoxy) is 2. The summed E-state index contributed by atoms with van der Waals surface area (Å²) in [4.78, 5) is 14.4. The normalized spacial score (nSPS) is 21.9. The van der Waals surface area contributed by atoms with E-state index in [-0.39, 0.29) is 11.9 Å². The number of allylic oxidation sites excluding steroid dienone is 2. The molecule has 6 heteroatoms. The van der Waals surface area contributed by atoms with Gasteiger partial charge in [-0.1, -0.05) is 12.2 Å². The zero-order valence-corrected chi connectivity index (χ0v) is 17.4. The smallest absolute Gasteiger partial charge is 0.309 e. The van der Waals surface area contributed by atoms with Crippen LogP contribution in [0.5, 0.6) is 5.75 Å². The molecule has 3 atom stereocenters. The highest BCUT2D eigenvalue weighted by Crippen LogP contribution is 2.43. The number of likely N-dealkylation sites (N-methyl/N-ethyl adjacent to an activating group) is 1. The van der Waals surface area contributed by atoms with Gasteiger partial charge in [0.05, 0.1) is 30.9 Å². The third kappa shape index (κ3) is 4.70. The van der Waals surface area contributed by atoms with E-state index in [1.165, 1.54) is 0 Å². The number of nitrogens with zero attached hydrogens (tertiary/aromatic N) is 3. The number of methoxy groups -OCH3 is 1. The van der Waals surface area contributed by atoms with E-state index < -0.39 is 0 Å². The van der Waals surface area contributed by atoms with Gasteiger partial charge in [-0.25, -0.2) is 0 Å². The second-order valence-corrected chi connectivity index (χ2v) is 7.89. The highest BCUT2D eigenvalue weighted by atomic mass is 16.5. The molecule has 0 spiro atoms. The molecular weight excluding hydrogens is 378 g/mol. The van der Waals surface area contributed by atoms with Gasteiger partial charge in [0.25, 0.3) is 0 Å². The van der Waals surface area contributed by atoms with Crippen LogP contribution in [0.4, 0.5) is 17.1 Å². The standard InChI is InChI=1S/C24H27N3O3/c1-27(13-14-30-24(28)23-16-17-3-4-18(23)15-17)21-9-5-19(6-10-21)25-26-20-7-11-22(29-2)12-8-20/h3-12,17-18,23H,13-16H2,1-2H3. The topological polar surface area (TPSA) is 63.5 Å². The Hall–Kier alpha value is -3.15. The van der Waals surface area contributed by atoms with E-state index >= 15 is 0 Å². The Morgan fingerprint density at radius 1 is 1.00 bits per heavy atom. The average molecular weight is 405 g/mol. The minimum Gasteiger partial charge on any atom is -0.497 e. The lowest BCUT2D eigenvalue weighted by Gasteiger charge is -2.21. The van der Waals surface area contributed by atoms with Crippen LogP contribution >= 0.6 is 0 Å². The molecule has 0 saturated heterocycles. The van der Waals surface area contributed by atoms with Crippen LogP contribution in [0, 0.1) is 17.8 Å². The molecule has 2 aliphatic carbocycles. The molecule has 156 valence electrons. The summed E-state index contributed by atoms with van der Waals surface area (Å²) in [6.07, 6.45) is 6.48. The predicted octanol–water partition coefficient (Wildman–Crippen LogP) is 5.30. The monoisotopic (exact) mass is 405 g/mol. The number of esters is 1. The molecule has 0 N–H and O–H groups in total. The van der Waals surface area contributed by atoms with E-state index in [1.807, 2.05) is 55.6 Å². The van der Waals surface area contributed by atoms with Gasteiger partial charge in [-0.2, -0.15) is 10.2 Å². The van der Waals surface area contributed by atoms with E-state index in [0.29, 0.717) is 25.0 Å². The molecular formula is C24H27N3O3. The van der Waals surface area contributed by atoms with Crippen LogP contribution in [0.25, 0.3) is 0 Å². The molecule has 0 aromatic heterocycles. The van der Waals surface area contributed by atoms with Crippen LogP contribution < -0.4 is 9.64 Å². The van der Waals surface area contributed by atoms with Crippen LogP contribution in [-0.4, -0.2) is 33.3 Å². The Kier molecular flexibility index (Phi) is 6.12. The van der Waals surface area contributed by atoms with Crippen LogP contribution in [0.2, 0.25) is 0 Å². The first kappa shape index (κ1) is 20.1. The molecule has 1 saturated carbocycles. The average Bonchev–Trinajstić information content (AvgIpc) is 3.42. The maximum atomic E-state index is 12.3. The minimum absolute atomic E-state index is 0.0467. The van der Waals surface area contributed by atoms with Crippen molar-refractivity contribution < 1.29 is 14.3 Å². The fourth-order valence-corrected chi connectivity index (χ4v) is 4.11. The molecule has 30 heavy (non-hydrogen) atoms. The summed E-state index contributed by atoms with van der Waals surface area (Å²) in [7, 11) is 3.62. The Morgan fingerprint density at radius 3 is 2.23 bits per heavy atom. The molecule has 3 unspecified atom stereocenters. The first-order chi connectivity index (χ1) is 14.6. The first-order valence-electron chi connectivity index (χ1n) is 10.3. The van der Waals surface area contributed by atoms with Crippen LogP contribution in [-0.2, 0) is 9.53 Å². The minimum atomic E-state index is -0.0467. The lowest BCUT2D eigenvalue weighted by molar-refractivity contribution is -0.149. The number of benzene rings is 2. The van der Waals surface area contributed by atoms with Crippen molar-refractivity contribution in [1.82, 2.24) is 0 Å². The fourth-order valence-electron chi connectivity index (χ4n) is 4.11. The third-order valence-electron chi connectivity index (χ3n) is 5.90. The molecule has 0 amide bonds. The van der Waals surface area contributed by atoms with Crippen molar-refractivity contribution in [2.45, 2.75) is 12.8 Å². The number of anilines is 1. The second kappa shape index (κ2) is 9.11. The fraction of sp³-hybridized carbons (Fsp3) is 0.375. The van der Waals surface area contributed by atoms with Gasteiger partial charge in [-0.3, -0.25) is 4.79 Å². The van der Waals surface area contributed by atoms with Gasteiger partial charge in [0, 0.05) is 12.7 Å². The van der Waals surface area contributed by atoms with Gasteiger partial charge in [-0.15, -0.1) is 0 Å². The predicted molar refractivity (Wildman–Crippen MR) is 117 cm³/mol. The van der Waals surface area contributed by atoms with Crippen molar-refractivity contribution in [3.05, 3.63) is 60.7 Å². The zero-order valence-electron chi connectivity index (χ0n) is 17.4. The number of carbonyl (C=O) groups is 1. The van der Waals surface area contributed by atoms with Crippen molar-refractivity contribution in [2.75, 3.05) is 32.2 Å². The summed E-state index contributed by atoms with van der Waals surface area (Å²) >= 11 is 0. The SMILES string of the molecule is COc1ccc(N=Nc2ccc(N(C)CCOC(=O)C3CC4C=CC3C4)cc2)cc1. The molecule has 2 aromatic rings. The Balaban J connectivity index is 1.24. The van der Waals surface area contributed by atoms with E-state index in [2.05, 4.69) is 27.3 Å². The van der Waals surface area contributed by atoms with Crippen molar-refractivity contribution in [2.24, 2.45) is 28.0 Å². The molecule has 1 fully saturated rings. The van der Waals surface area contributed by atoms with Crippen molar-refractivity contribution in [1.29, 1.82) is 0 Å². The van der Waals surface area contributed by atoms with Gasteiger partial charge in [-0.05, 0) is 73.2 Å². The summed E-state index contributed by atoms with van der Waals surface area (Å²) in [5, 5.41) is 8.51. The molecule has 6 nitrogen and oxygen atoms in total. The maximum Gasteiger partial charge on any atom is 0.309 e. The summed E-state index contributed by atoms with van der Waals surface area (Å²) in [6.45, 7) is 1.04. The van der Waals surface area contributed by atoms with E-state index in [1.54, 1.807) is 7.11 Å². The van der Waals surface area contributed by atoms with Gasteiger partial charge in [0.1, 0.15) is 12.4 Å². The maximum absolute atomic E-state index is 12.3. The van der Waals surface area contributed by atoms with Crippen LogP contribution in [0.1, 0.15) is 12.8 Å². The summed E-state index contributed by atoms with van der Waals surface area (Å²) < 4.78 is 10.7. The van der Waals surface area contributed by atoms with E-state index in [4.69, 9.17) is 9.47 Å². The van der Waals surface area contributed by atoms with Crippen molar-refractivity contribution in [3.8, 4) is 5.75 Å². The summed E-state index contributed by atoms with van der Waals surface area (Å²) in [5.41, 5.74) is 2.58. The van der Waals surface area contributed by atoms with Gasteiger partial charge in [0.2, 0.25) is 0 Å².